The molecule has 0 spiro atoms. The summed E-state index contributed by atoms with van der Waals surface area (Å²) in [6.07, 6.45) is 0. The molecule has 0 aliphatic carbocycles. The van der Waals surface area contributed by atoms with E-state index in [9.17, 15) is 4.79 Å². The zero-order valence-corrected chi connectivity index (χ0v) is 11.0. The van der Waals surface area contributed by atoms with E-state index in [-0.39, 0.29) is 5.97 Å². The SMILES string of the molecule is CCOC(=O)C1(c2cc(C)ccc2OC)COC1. The van der Waals surface area contributed by atoms with Gasteiger partial charge in [0.1, 0.15) is 11.2 Å². The lowest BCUT2D eigenvalue weighted by molar-refractivity contribution is -0.169. The first kappa shape index (κ1) is 12.9. The lowest BCUT2D eigenvalue weighted by atomic mass is 9.77. The van der Waals surface area contributed by atoms with Crippen LogP contribution in [0.25, 0.3) is 0 Å². The zero-order chi connectivity index (χ0) is 13.2. The fraction of sp³-hybridized carbons (Fsp3) is 0.500. The van der Waals surface area contributed by atoms with Gasteiger partial charge in [0.05, 0.1) is 26.9 Å². The van der Waals surface area contributed by atoms with E-state index >= 15 is 0 Å². The first-order valence-corrected chi connectivity index (χ1v) is 6.04. The first-order valence-electron chi connectivity index (χ1n) is 6.04. The molecule has 0 atom stereocenters. The number of hydrogen-bond acceptors (Lipinski definition) is 4. The van der Waals surface area contributed by atoms with Crippen molar-refractivity contribution in [3.05, 3.63) is 29.3 Å². The molecular weight excluding hydrogens is 232 g/mol. The molecule has 0 radical (unpaired) electrons. The number of aryl methyl sites for hydroxylation is 1. The molecule has 0 bridgehead atoms. The van der Waals surface area contributed by atoms with E-state index in [2.05, 4.69) is 0 Å². The lowest BCUT2D eigenvalue weighted by Gasteiger charge is -2.39. The van der Waals surface area contributed by atoms with E-state index < -0.39 is 5.41 Å². The van der Waals surface area contributed by atoms with E-state index in [1.54, 1.807) is 14.0 Å². The number of benzene rings is 1. The van der Waals surface area contributed by atoms with Crippen molar-refractivity contribution in [3.8, 4) is 5.75 Å². The van der Waals surface area contributed by atoms with Crippen molar-refractivity contribution >= 4 is 5.97 Å². The molecular formula is C14H18O4. The van der Waals surface area contributed by atoms with Crippen molar-refractivity contribution < 1.29 is 19.0 Å². The minimum absolute atomic E-state index is 0.236. The molecule has 1 aliphatic rings. The summed E-state index contributed by atoms with van der Waals surface area (Å²) in [5.41, 5.74) is 1.24. The number of ether oxygens (including phenoxy) is 3. The average molecular weight is 250 g/mol. The van der Waals surface area contributed by atoms with Gasteiger partial charge in [0.25, 0.3) is 0 Å². The molecule has 0 N–H and O–H groups in total. The van der Waals surface area contributed by atoms with Crippen LogP contribution in [0.5, 0.6) is 5.75 Å². The standard InChI is InChI=1S/C14H18O4/c1-4-18-13(15)14(8-17-9-14)11-7-10(2)5-6-12(11)16-3/h5-7H,4,8-9H2,1-3H3. The van der Waals surface area contributed by atoms with Gasteiger partial charge in [0.2, 0.25) is 0 Å². The topological polar surface area (TPSA) is 44.8 Å². The van der Waals surface area contributed by atoms with Gasteiger partial charge < -0.3 is 14.2 Å². The molecule has 0 amide bonds. The predicted octanol–water partition coefficient (Wildman–Crippen LogP) is 1.83. The summed E-state index contributed by atoms with van der Waals surface area (Å²) in [4.78, 5) is 12.2. The lowest BCUT2D eigenvalue weighted by Crippen LogP contribution is -2.54. The molecule has 1 heterocycles. The largest absolute Gasteiger partial charge is 0.496 e. The van der Waals surface area contributed by atoms with Crippen LogP contribution in [0.1, 0.15) is 18.1 Å². The number of rotatable bonds is 4. The fourth-order valence-electron chi connectivity index (χ4n) is 2.15. The number of carbonyl (C=O) groups is 1. The summed E-state index contributed by atoms with van der Waals surface area (Å²) < 4.78 is 15.8. The highest BCUT2D eigenvalue weighted by Gasteiger charge is 2.50. The van der Waals surface area contributed by atoms with Gasteiger partial charge in [-0.25, -0.2) is 0 Å². The maximum absolute atomic E-state index is 12.2. The molecule has 1 aliphatic heterocycles. The van der Waals surface area contributed by atoms with Crippen LogP contribution in [0.15, 0.2) is 18.2 Å². The minimum Gasteiger partial charge on any atom is -0.496 e. The third kappa shape index (κ3) is 1.97. The Labute approximate surface area is 107 Å². The molecule has 1 saturated heterocycles. The Bertz CT molecular complexity index is 449. The number of carbonyl (C=O) groups excluding carboxylic acids is 1. The second kappa shape index (κ2) is 4.98. The van der Waals surface area contributed by atoms with Crippen LogP contribution in [0.3, 0.4) is 0 Å². The summed E-state index contributed by atoms with van der Waals surface area (Å²) in [6.45, 7) is 4.87. The molecule has 0 saturated carbocycles. The van der Waals surface area contributed by atoms with Crippen LogP contribution in [0, 0.1) is 6.92 Å². The Hall–Kier alpha value is -1.55. The smallest absolute Gasteiger partial charge is 0.321 e. The van der Waals surface area contributed by atoms with E-state index in [0.29, 0.717) is 25.6 Å². The molecule has 1 fully saturated rings. The molecule has 1 aromatic carbocycles. The van der Waals surface area contributed by atoms with Crippen LogP contribution in [-0.2, 0) is 19.7 Å². The Morgan fingerprint density at radius 2 is 2.17 bits per heavy atom. The van der Waals surface area contributed by atoms with Gasteiger partial charge in [0, 0.05) is 5.56 Å². The third-order valence-electron chi connectivity index (χ3n) is 3.23. The van der Waals surface area contributed by atoms with Crippen molar-refractivity contribution in [1.82, 2.24) is 0 Å². The van der Waals surface area contributed by atoms with Crippen molar-refractivity contribution in [2.24, 2.45) is 0 Å². The second-order valence-electron chi connectivity index (χ2n) is 4.50. The molecule has 0 unspecified atom stereocenters. The summed E-state index contributed by atoms with van der Waals surface area (Å²) in [6, 6.07) is 5.81. The monoisotopic (exact) mass is 250 g/mol. The van der Waals surface area contributed by atoms with Crippen LogP contribution in [-0.4, -0.2) is 32.9 Å². The van der Waals surface area contributed by atoms with Crippen LogP contribution >= 0.6 is 0 Å². The van der Waals surface area contributed by atoms with E-state index in [1.165, 1.54) is 0 Å². The summed E-state index contributed by atoms with van der Waals surface area (Å²) >= 11 is 0. The summed E-state index contributed by atoms with van der Waals surface area (Å²) in [5, 5.41) is 0. The van der Waals surface area contributed by atoms with Crippen molar-refractivity contribution in [1.29, 1.82) is 0 Å². The van der Waals surface area contributed by atoms with E-state index in [0.717, 1.165) is 11.1 Å². The average Bonchev–Trinajstić information content (AvgIpc) is 2.28. The van der Waals surface area contributed by atoms with Gasteiger partial charge in [-0.1, -0.05) is 17.7 Å². The highest BCUT2D eigenvalue weighted by atomic mass is 16.6. The normalized spacial score (nSPS) is 16.8. The van der Waals surface area contributed by atoms with Crippen LogP contribution in [0.2, 0.25) is 0 Å². The highest BCUT2D eigenvalue weighted by Crippen LogP contribution is 2.39. The first-order chi connectivity index (χ1) is 8.64. The number of esters is 1. The fourth-order valence-corrected chi connectivity index (χ4v) is 2.15. The molecule has 4 heteroatoms. The highest BCUT2D eigenvalue weighted by molar-refractivity contribution is 5.85. The van der Waals surface area contributed by atoms with Gasteiger partial charge >= 0.3 is 5.97 Å². The molecule has 18 heavy (non-hydrogen) atoms. The zero-order valence-electron chi connectivity index (χ0n) is 11.0. The Kier molecular flexibility index (Phi) is 3.57. The maximum atomic E-state index is 12.2. The molecule has 1 aromatic rings. The van der Waals surface area contributed by atoms with Crippen molar-refractivity contribution in [2.75, 3.05) is 26.9 Å². The Morgan fingerprint density at radius 1 is 1.44 bits per heavy atom. The molecule has 98 valence electrons. The Morgan fingerprint density at radius 3 is 2.67 bits per heavy atom. The van der Waals surface area contributed by atoms with Gasteiger partial charge in [-0.2, -0.15) is 0 Å². The molecule has 2 rings (SSSR count). The molecule has 4 nitrogen and oxygen atoms in total. The van der Waals surface area contributed by atoms with E-state index in [4.69, 9.17) is 14.2 Å². The molecule has 0 aromatic heterocycles. The van der Waals surface area contributed by atoms with Crippen molar-refractivity contribution in [2.45, 2.75) is 19.3 Å². The second-order valence-corrected chi connectivity index (χ2v) is 4.50. The predicted molar refractivity (Wildman–Crippen MR) is 66.9 cm³/mol. The van der Waals surface area contributed by atoms with Crippen LogP contribution < -0.4 is 4.74 Å². The minimum atomic E-state index is -0.701. The third-order valence-corrected chi connectivity index (χ3v) is 3.23. The number of methoxy groups -OCH3 is 1. The van der Waals surface area contributed by atoms with E-state index in [1.807, 2.05) is 25.1 Å². The van der Waals surface area contributed by atoms with Crippen LogP contribution in [0.4, 0.5) is 0 Å². The van der Waals surface area contributed by atoms with Gasteiger partial charge in [-0.3, -0.25) is 4.79 Å². The van der Waals surface area contributed by atoms with Gasteiger partial charge in [0.15, 0.2) is 0 Å². The van der Waals surface area contributed by atoms with Gasteiger partial charge in [-0.15, -0.1) is 0 Å². The summed E-state index contributed by atoms with van der Waals surface area (Å²) in [7, 11) is 1.60. The summed E-state index contributed by atoms with van der Waals surface area (Å²) in [5.74, 6) is 0.470. The number of hydrogen-bond donors (Lipinski definition) is 0. The quantitative estimate of drug-likeness (QED) is 0.765. The van der Waals surface area contributed by atoms with Crippen molar-refractivity contribution in [3.63, 3.8) is 0 Å². The van der Waals surface area contributed by atoms with Gasteiger partial charge in [-0.05, 0) is 19.9 Å². The maximum Gasteiger partial charge on any atom is 0.321 e. The Balaban J connectivity index is 2.44.